The third-order valence-corrected chi connectivity index (χ3v) is 4.28. The zero-order valence-corrected chi connectivity index (χ0v) is 15.5. The number of anilines is 1. The van der Waals surface area contributed by atoms with Gasteiger partial charge >= 0.3 is 0 Å². The zero-order valence-electron chi connectivity index (χ0n) is 14.8. The molecular formula is C20H13ClFN5O2. The predicted molar refractivity (Wildman–Crippen MR) is 106 cm³/mol. The summed E-state index contributed by atoms with van der Waals surface area (Å²) in [7, 11) is 0. The van der Waals surface area contributed by atoms with Crippen molar-refractivity contribution in [2.24, 2.45) is 0 Å². The maximum absolute atomic E-state index is 13.3. The number of nitrogens with zero attached hydrogens (tertiary/aromatic N) is 4. The van der Waals surface area contributed by atoms with Gasteiger partial charge in [-0.1, -0.05) is 41.9 Å². The topological polar surface area (TPSA) is 85.8 Å². The van der Waals surface area contributed by atoms with Gasteiger partial charge < -0.3 is 9.73 Å². The molecule has 0 atom stereocenters. The van der Waals surface area contributed by atoms with Crippen molar-refractivity contribution >= 4 is 35.0 Å². The summed E-state index contributed by atoms with van der Waals surface area (Å²) in [5.74, 6) is -0.274. The number of aromatic nitrogens is 4. The lowest BCUT2D eigenvalue weighted by Gasteiger charge is -2.11. The van der Waals surface area contributed by atoms with Crippen LogP contribution in [0.2, 0.25) is 5.02 Å². The van der Waals surface area contributed by atoms with Crippen molar-refractivity contribution in [3.05, 3.63) is 83.5 Å². The number of nitrogens with one attached hydrogen (secondary N) is 1. The summed E-state index contributed by atoms with van der Waals surface area (Å²) in [5, 5.41) is 14.4. The van der Waals surface area contributed by atoms with Gasteiger partial charge in [0.25, 0.3) is 5.91 Å². The fraction of sp³-hybridized carbons (Fsp3) is 0. The van der Waals surface area contributed by atoms with Gasteiger partial charge in [-0.15, -0.1) is 5.10 Å². The Morgan fingerprint density at radius 1 is 1.14 bits per heavy atom. The fourth-order valence-electron chi connectivity index (χ4n) is 2.62. The van der Waals surface area contributed by atoms with Crippen LogP contribution in [-0.2, 0) is 4.79 Å². The molecule has 1 N–H and O–H groups in total. The van der Waals surface area contributed by atoms with Gasteiger partial charge in [-0.2, -0.15) is 4.68 Å². The zero-order chi connectivity index (χ0) is 20.2. The van der Waals surface area contributed by atoms with Crippen molar-refractivity contribution in [2.75, 3.05) is 5.32 Å². The standard InChI is InChI=1S/C20H13ClFN5O2/c21-16-11-14(22)8-9-17(16)23-20(28)18(12-15-7-4-10-29-15)27-19(24-25-26-27)13-5-2-1-3-6-13/h1-12H,(H,23,28)/b18-12-. The van der Waals surface area contributed by atoms with Crippen LogP contribution in [0.1, 0.15) is 5.76 Å². The highest BCUT2D eigenvalue weighted by molar-refractivity contribution is 6.35. The molecule has 2 heterocycles. The highest BCUT2D eigenvalue weighted by Crippen LogP contribution is 2.25. The molecule has 0 aliphatic heterocycles. The van der Waals surface area contributed by atoms with Gasteiger partial charge in [-0.25, -0.2) is 4.39 Å². The molecule has 0 aliphatic rings. The van der Waals surface area contributed by atoms with Crippen LogP contribution in [0.5, 0.6) is 0 Å². The Morgan fingerprint density at radius 2 is 1.97 bits per heavy atom. The molecule has 0 radical (unpaired) electrons. The number of rotatable bonds is 5. The smallest absolute Gasteiger partial charge is 0.274 e. The van der Waals surface area contributed by atoms with Crippen molar-refractivity contribution in [3.8, 4) is 11.4 Å². The third kappa shape index (κ3) is 4.07. The molecular weight excluding hydrogens is 397 g/mol. The first-order valence-electron chi connectivity index (χ1n) is 8.47. The number of furan rings is 1. The first kappa shape index (κ1) is 18.6. The van der Waals surface area contributed by atoms with Gasteiger partial charge in [0.15, 0.2) is 5.82 Å². The summed E-state index contributed by atoms with van der Waals surface area (Å²) >= 11 is 6.03. The molecule has 144 valence electrons. The van der Waals surface area contributed by atoms with Crippen molar-refractivity contribution in [1.82, 2.24) is 20.2 Å². The number of carbonyl (C=O) groups is 1. The van der Waals surface area contributed by atoms with Crippen LogP contribution in [0.3, 0.4) is 0 Å². The molecule has 2 aromatic carbocycles. The van der Waals surface area contributed by atoms with Crippen LogP contribution in [0.25, 0.3) is 23.2 Å². The molecule has 0 spiro atoms. The second-order valence-electron chi connectivity index (χ2n) is 5.90. The average Bonchev–Trinajstić information content (AvgIpc) is 3.40. The minimum absolute atomic E-state index is 0.0655. The van der Waals surface area contributed by atoms with Crippen LogP contribution < -0.4 is 5.32 Å². The lowest BCUT2D eigenvalue weighted by atomic mass is 10.2. The van der Waals surface area contributed by atoms with E-state index in [-0.39, 0.29) is 16.4 Å². The molecule has 0 saturated heterocycles. The Labute approximate surface area is 169 Å². The monoisotopic (exact) mass is 409 g/mol. The second-order valence-corrected chi connectivity index (χ2v) is 6.31. The van der Waals surface area contributed by atoms with Crippen molar-refractivity contribution in [1.29, 1.82) is 0 Å². The fourth-order valence-corrected chi connectivity index (χ4v) is 2.84. The summed E-state index contributed by atoms with van der Waals surface area (Å²) in [6, 6.07) is 16.2. The highest BCUT2D eigenvalue weighted by atomic mass is 35.5. The van der Waals surface area contributed by atoms with Gasteiger partial charge in [0, 0.05) is 11.6 Å². The molecule has 4 aromatic rings. The van der Waals surface area contributed by atoms with Gasteiger partial charge in [-0.3, -0.25) is 4.79 Å². The van der Waals surface area contributed by atoms with Crippen LogP contribution in [0.4, 0.5) is 10.1 Å². The number of benzene rings is 2. The minimum atomic E-state index is -0.556. The molecule has 7 nitrogen and oxygen atoms in total. The van der Waals surface area contributed by atoms with E-state index in [1.165, 1.54) is 29.2 Å². The summed E-state index contributed by atoms with van der Waals surface area (Å²) < 4.78 is 19.9. The van der Waals surface area contributed by atoms with Gasteiger partial charge in [0.2, 0.25) is 0 Å². The van der Waals surface area contributed by atoms with Crippen LogP contribution >= 0.6 is 11.6 Å². The number of tetrazole rings is 1. The molecule has 0 aliphatic carbocycles. The number of hydrogen-bond acceptors (Lipinski definition) is 5. The molecule has 29 heavy (non-hydrogen) atoms. The summed E-state index contributed by atoms with van der Waals surface area (Å²) in [4.78, 5) is 13.1. The molecule has 0 saturated carbocycles. The van der Waals surface area contributed by atoms with Crippen LogP contribution in [-0.4, -0.2) is 26.1 Å². The quantitative estimate of drug-likeness (QED) is 0.495. The van der Waals surface area contributed by atoms with Crippen LogP contribution in [0, 0.1) is 5.82 Å². The first-order valence-corrected chi connectivity index (χ1v) is 8.85. The number of carbonyl (C=O) groups excluding carboxylic acids is 1. The first-order chi connectivity index (χ1) is 14.1. The lowest BCUT2D eigenvalue weighted by molar-refractivity contribution is -0.111. The van der Waals surface area contributed by atoms with Crippen LogP contribution in [0.15, 0.2) is 71.3 Å². The van der Waals surface area contributed by atoms with Gasteiger partial charge in [0.05, 0.1) is 17.0 Å². The van der Waals surface area contributed by atoms with Gasteiger partial charge in [-0.05, 0) is 40.8 Å². The highest BCUT2D eigenvalue weighted by Gasteiger charge is 2.20. The van der Waals surface area contributed by atoms with E-state index in [1.807, 2.05) is 30.3 Å². The van der Waals surface area contributed by atoms with E-state index in [0.717, 1.165) is 11.6 Å². The van der Waals surface area contributed by atoms with E-state index in [1.54, 1.807) is 12.1 Å². The normalized spacial score (nSPS) is 11.4. The van der Waals surface area contributed by atoms with Crippen molar-refractivity contribution in [3.63, 3.8) is 0 Å². The van der Waals surface area contributed by atoms with Crippen molar-refractivity contribution in [2.45, 2.75) is 0 Å². The summed E-state index contributed by atoms with van der Waals surface area (Å²) in [5.41, 5.74) is 1.05. The molecule has 4 rings (SSSR count). The van der Waals surface area contributed by atoms with E-state index < -0.39 is 11.7 Å². The second kappa shape index (κ2) is 8.07. The Hall–Kier alpha value is -3.78. The molecule has 1 amide bonds. The van der Waals surface area contributed by atoms with E-state index >= 15 is 0 Å². The SMILES string of the molecule is O=C(Nc1ccc(F)cc1Cl)/C(=C/c1ccco1)n1nnnc1-c1ccccc1. The maximum Gasteiger partial charge on any atom is 0.274 e. The molecule has 0 bridgehead atoms. The Kier molecular flexibility index (Phi) is 5.17. The number of hydrogen-bond donors (Lipinski definition) is 1. The molecule has 2 aromatic heterocycles. The largest absolute Gasteiger partial charge is 0.465 e. The average molecular weight is 410 g/mol. The number of halogens is 2. The summed E-state index contributed by atoms with van der Waals surface area (Å²) in [6.45, 7) is 0. The minimum Gasteiger partial charge on any atom is -0.465 e. The maximum atomic E-state index is 13.3. The Bertz CT molecular complexity index is 1170. The number of amides is 1. The van der Waals surface area contributed by atoms with Crippen molar-refractivity contribution < 1.29 is 13.6 Å². The van der Waals surface area contributed by atoms with E-state index in [4.69, 9.17) is 16.0 Å². The van der Waals surface area contributed by atoms with E-state index in [0.29, 0.717) is 11.6 Å². The van der Waals surface area contributed by atoms with E-state index in [2.05, 4.69) is 20.8 Å². The Morgan fingerprint density at radius 3 is 2.69 bits per heavy atom. The van der Waals surface area contributed by atoms with Gasteiger partial charge in [0.1, 0.15) is 17.3 Å². The van der Waals surface area contributed by atoms with E-state index in [9.17, 15) is 9.18 Å². The summed E-state index contributed by atoms with van der Waals surface area (Å²) in [6.07, 6.45) is 2.98. The molecule has 9 heteroatoms. The Balaban J connectivity index is 1.76. The third-order valence-electron chi connectivity index (χ3n) is 3.96. The molecule has 0 unspecified atom stereocenters. The predicted octanol–water partition coefficient (Wildman–Crippen LogP) is 4.36. The molecule has 0 fully saturated rings. The lowest BCUT2D eigenvalue weighted by Crippen LogP contribution is -2.19.